The van der Waals surface area contributed by atoms with Crippen LogP contribution >= 0.6 is 0 Å². The highest BCUT2D eigenvalue weighted by atomic mass is 16.3. The van der Waals surface area contributed by atoms with E-state index in [0.29, 0.717) is 11.3 Å². The number of nitrogens with one attached hydrogen (secondary N) is 3. The number of amides is 3. The number of benzene rings is 1. The van der Waals surface area contributed by atoms with Crippen molar-refractivity contribution in [2.24, 2.45) is 0 Å². The Morgan fingerprint density at radius 2 is 1.64 bits per heavy atom. The Balaban J connectivity index is 1.68. The van der Waals surface area contributed by atoms with Crippen molar-refractivity contribution >= 4 is 17.7 Å². The van der Waals surface area contributed by atoms with Gasteiger partial charge < -0.3 is 20.4 Å². The van der Waals surface area contributed by atoms with Crippen LogP contribution < -0.4 is 16.0 Å². The lowest BCUT2D eigenvalue weighted by molar-refractivity contribution is -0.125. The van der Waals surface area contributed by atoms with Crippen LogP contribution in [0.25, 0.3) is 0 Å². The van der Waals surface area contributed by atoms with Crippen LogP contribution in [0.4, 0.5) is 0 Å². The molecule has 1 aromatic carbocycles. The maximum atomic E-state index is 12.0. The molecule has 2 rings (SSSR count). The molecule has 7 nitrogen and oxygen atoms in total. The van der Waals surface area contributed by atoms with Crippen molar-refractivity contribution < 1.29 is 18.8 Å². The van der Waals surface area contributed by atoms with Crippen molar-refractivity contribution in [3.05, 3.63) is 59.0 Å². The molecule has 0 aliphatic rings. The topological polar surface area (TPSA) is 100 Å². The van der Waals surface area contributed by atoms with Crippen molar-refractivity contribution in [2.45, 2.75) is 20.4 Å². The molecule has 0 atom stereocenters. The van der Waals surface area contributed by atoms with Gasteiger partial charge in [0.05, 0.1) is 25.9 Å². The summed E-state index contributed by atoms with van der Waals surface area (Å²) < 4.78 is 5.08. The van der Waals surface area contributed by atoms with Crippen LogP contribution in [-0.4, -0.2) is 30.8 Å². The van der Waals surface area contributed by atoms with Crippen molar-refractivity contribution in [3.8, 4) is 0 Å². The Bertz CT molecular complexity index is 754. The summed E-state index contributed by atoms with van der Waals surface area (Å²) in [5.41, 5.74) is 2.59. The second-order valence-corrected chi connectivity index (χ2v) is 5.61. The first kappa shape index (κ1) is 18.3. The normalized spacial score (nSPS) is 10.2. The van der Waals surface area contributed by atoms with E-state index < -0.39 is 5.91 Å². The quantitative estimate of drug-likeness (QED) is 0.700. The summed E-state index contributed by atoms with van der Waals surface area (Å²) in [4.78, 5) is 35.3. The number of aryl methyl sites for hydroxylation is 2. The molecule has 3 N–H and O–H groups in total. The molecule has 0 spiro atoms. The van der Waals surface area contributed by atoms with Crippen molar-refractivity contribution in [1.82, 2.24) is 16.0 Å². The van der Waals surface area contributed by atoms with E-state index in [0.717, 1.165) is 11.1 Å². The van der Waals surface area contributed by atoms with Gasteiger partial charge in [0.2, 0.25) is 11.8 Å². The lowest BCUT2D eigenvalue weighted by atomic mass is 10.1. The van der Waals surface area contributed by atoms with E-state index in [1.807, 2.05) is 19.9 Å². The van der Waals surface area contributed by atoms with Crippen molar-refractivity contribution in [2.75, 3.05) is 13.1 Å². The molecule has 132 valence electrons. The van der Waals surface area contributed by atoms with E-state index in [-0.39, 0.29) is 31.4 Å². The van der Waals surface area contributed by atoms with Crippen LogP contribution in [0.1, 0.15) is 27.2 Å². The van der Waals surface area contributed by atoms with Gasteiger partial charge in [-0.15, -0.1) is 0 Å². The first-order valence-corrected chi connectivity index (χ1v) is 7.87. The summed E-state index contributed by atoms with van der Waals surface area (Å²) >= 11 is 0. The minimum Gasteiger partial charge on any atom is -0.467 e. The van der Waals surface area contributed by atoms with Crippen LogP contribution in [0, 0.1) is 13.8 Å². The highest BCUT2D eigenvalue weighted by Gasteiger charge is 2.10. The third-order valence-corrected chi connectivity index (χ3v) is 3.66. The Morgan fingerprint density at radius 1 is 0.920 bits per heavy atom. The van der Waals surface area contributed by atoms with E-state index in [4.69, 9.17) is 4.42 Å². The zero-order valence-corrected chi connectivity index (χ0v) is 14.2. The van der Waals surface area contributed by atoms with Crippen LogP contribution in [-0.2, 0) is 16.1 Å². The Labute approximate surface area is 145 Å². The predicted molar refractivity (Wildman–Crippen MR) is 91.8 cm³/mol. The zero-order chi connectivity index (χ0) is 18.2. The van der Waals surface area contributed by atoms with Gasteiger partial charge in [-0.3, -0.25) is 14.4 Å². The minimum atomic E-state index is -0.440. The van der Waals surface area contributed by atoms with E-state index in [1.165, 1.54) is 6.26 Å². The van der Waals surface area contributed by atoms with E-state index in [2.05, 4.69) is 16.0 Å². The monoisotopic (exact) mass is 343 g/mol. The Hall–Kier alpha value is -3.09. The molecule has 0 radical (unpaired) electrons. The highest BCUT2D eigenvalue weighted by Crippen LogP contribution is 2.09. The van der Waals surface area contributed by atoms with Gasteiger partial charge in [-0.05, 0) is 49.2 Å². The van der Waals surface area contributed by atoms with Gasteiger partial charge in [0.25, 0.3) is 5.91 Å². The number of furan rings is 1. The average molecular weight is 343 g/mol. The third-order valence-electron chi connectivity index (χ3n) is 3.66. The van der Waals surface area contributed by atoms with Crippen LogP contribution in [0.15, 0.2) is 41.0 Å². The standard InChI is InChI=1S/C18H21N3O4/c1-12-5-6-14(8-13(12)2)18(24)21-11-17(23)20-10-16(22)19-9-15-4-3-7-25-15/h3-8H,9-11H2,1-2H3,(H,19,22)(H,20,23)(H,21,24). The fourth-order valence-corrected chi connectivity index (χ4v) is 2.05. The fraction of sp³-hybridized carbons (Fsp3) is 0.278. The van der Waals surface area contributed by atoms with Gasteiger partial charge in [-0.25, -0.2) is 0 Å². The number of rotatable bonds is 7. The first-order chi connectivity index (χ1) is 12.0. The van der Waals surface area contributed by atoms with Crippen LogP contribution in [0.5, 0.6) is 0 Å². The minimum absolute atomic E-state index is 0.168. The molecule has 0 bridgehead atoms. The summed E-state index contributed by atoms with van der Waals surface area (Å²) in [5.74, 6) is -0.489. The van der Waals surface area contributed by atoms with Gasteiger partial charge in [0.1, 0.15) is 5.76 Å². The average Bonchev–Trinajstić information content (AvgIpc) is 3.12. The largest absolute Gasteiger partial charge is 0.467 e. The van der Waals surface area contributed by atoms with E-state index >= 15 is 0 Å². The molecule has 0 saturated carbocycles. The van der Waals surface area contributed by atoms with Gasteiger partial charge in [-0.1, -0.05) is 6.07 Å². The molecule has 0 aliphatic carbocycles. The van der Waals surface area contributed by atoms with Crippen molar-refractivity contribution in [3.63, 3.8) is 0 Å². The lowest BCUT2D eigenvalue weighted by Crippen LogP contribution is -2.41. The SMILES string of the molecule is Cc1ccc(C(=O)NCC(=O)NCC(=O)NCc2ccco2)cc1C. The molecule has 1 heterocycles. The van der Waals surface area contributed by atoms with Gasteiger partial charge in [0.15, 0.2) is 0 Å². The molecular formula is C18H21N3O4. The maximum absolute atomic E-state index is 12.0. The molecule has 0 fully saturated rings. The molecular weight excluding hydrogens is 322 g/mol. The number of hydrogen-bond donors (Lipinski definition) is 3. The van der Waals surface area contributed by atoms with E-state index in [9.17, 15) is 14.4 Å². The fourth-order valence-electron chi connectivity index (χ4n) is 2.05. The number of hydrogen-bond acceptors (Lipinski definition) is 4. The number of carbonyl (C=O) groups is 3. The molecule has 25 heavy (non-hydrogen) atoms. The molecule has 0 aliphatic heterocycles. The summed E-state index contributed by atoms with van der Waals surface area (Å²) in [6.07, 6.45) is 1.52. The third kappa shape index (κ3) is 5.80. The summed E-state index contributed by atoms with van der Waals surface area (Å²) in [6.45, 7) is 3.77. The second kappa shape index (κ2) is 8.68. The van der Waals surface area contributed by atoms with Gasteiger partial charge >= 0.3 is 0 Å². The molecule has 0 saturated heterocycles. The smallest absolute Gasteiger partial charge is 0.251 e. The maximum Gasteiger partial charge on any atom is 0.251 e. The Morgan fingerprint density at radius 3 is 2.32 bits per heavy atom. The van der Waals surface area contributed by atoms with Crippen LogP contribution in [0.3, 0.4) is 0 Å². The Kier molecular flexibility index (Phi) is 6.33. The highest BCUT2D eigenvalue weighted by molar-refractivity contribution is 5.97. The van der Waals surface area contributed by atoms with Crippen molar-refractivity contribution in [1.29, 1.82) is 0 Å². The summed E-state index contributed by atoms with van der Waals surface area (Å²) in [7, 11) is 0. The molecule has 7 heteroatoms. The molecule has 0 unspecified atom stereocenters. The molecule has 3 amide bonds. The van der Waals surface area contributed by atoms with Gasteiger partial charge in [-0.2, -0.15) is 0 Å². The van der Waals surface area contributed by atoms with Crippen LogP contribution in [0.2, 0.25) is 0 Å². The van der Waals surface area contributed by atoms with E-state index in [1.54, 1.807) is 24.3 Å². The second-order valence-electron chi connectivity index (χ2n) is 5.61. The molecule has 1 aromatic heterocycles. The lowest BCUT2D eigenvalue weighted by Gasteiger charge is -2.08. The molecule has 2 aromatic rings. The summed E-state index contributed by atoms with van der Waals surface area (Å²) in [5, 5.41) is 7.58. The van der Waals surface area contributed by atoms with Gasteiger partial charge in [0, 0.05) is 5.56 Å². The summed E-state index contributed by atoms with van der Waals surface area (Å²) in [6, 6.07) is 8.79. The zero-order valence-electron chi connectivity index (χ0n) is 14.2. The predicted octanol–water partition coefficient (Wildman–Crippen LogP) is 1.06. The first-order valence-electron chi connectivity index (χ1n) is 7.87. The number of carbonyl (C=O) groups excluding carboxylic acids is 3.